The second-order valence-electron chi connectivity index (χ2n) is 3.40. The summed E-state index contributed by atoms with van der Waals surface area (Å²) in [5.41, 5.74) is 3.45. The third kappa shape index (κ3) is 4.03. The number of rotatable bonds is 6. The van der Waals surface area contributed by atoms with Crippen LogP contribution in [0.25, 0.3) is 0 Å². The van der Waals surface area contributed by atoms with Crippen molar-refractivity contribution in [3.63, 3.8) is 0 Å². The number of Topliss-reactive ketones (excluding diaryl/α,β-unsaturated/α-hetero) is 1. The Morgan fingerprint density at radius 3 is 2.50 bits per heavy atom. The first-order chi connectivity index (χ1) is 8.69. The van der Waals surface area contributed by atoms with Gasteiger partial charge < -0.3 is 4.74 Å². The fraction of sp³-hybridized carbons (Fsp3) is 0.231. The van der Waals surface area contributed by atoms with Gasteiger partial charge in [-0.2, -0.15) is 0 Å². The normalized spacial score (nSPS) is 10.9. The van der Waals surface area contributed by atoms with Gasteiger partial charge in [0.1, 0.15) is 5.70 Å². The van der Waals surface area contributed by atoms with Crippen molar-refractivity contribution in [1.29, 1.82) is 0 Å². The lowest BCUT2D eigenvalue weighted by Crippen LogP contribution is -2.27. The summed E-state index contributed by atoms with van der Waals surface area (Å²) in [5, 5.41) is 0. The van der Waals surface area contributed by atoms with Crippen LogP contribution in [0.3, 0.4) is 0 Å². The van der Waals surface area contributed by atoms with Gasteiger partial charge in [-0.25, -0.2) is 4.79 Å². The van der Waals surface area contributed by atoms with Crippen LogP contribution in [0.5, 0.6) is 0 Å². The maximum atomic E-state index is 11.5. The zero-order valence-electron chi connectivity index (χ0n) is 10.3. The molecule has 0 aliphatic heterocycles. The van der Waals surface area contributed by atoms with Gasteiger partial charge in [-0.05, 0) is 12.5 Å². The molecule has 18 heavy (non-hydrogen) atoms. The van der Waals surface area contributed by atoms with Crippen molar-refractivity contribution in [2.75, 3.05) is 7.11 Å². The summed E-state index contributed by atoms with van der Waals surface area (Å²) in [4.78, 5) is 27.6. The molecule has 0 saturated carbocycles. The van der Waals surface area contributed by atoms with Crippen LogP contribution in [0.15, 0.2) is 42.1 Å². The summed E-state index contributed by atoms with van der Waals surface area (Å²) < 4.78 is 4.33. The summed E-state index contributed by atoms with van der Waals surface area (Å²) in [6.45, 7) is 1.90. The number of methoxy groups -OCH3 is 1. The van der Waals surface area contributed by atoms with Crippen molar-refractivity contribution in [3.05, 3.63) is 47.7 Å². The van der Waals surface area contributed by atoms with Crippen LogP contribution in [0.4, 0.5) is 0 Å². The largest absolute Gasteiger partial charge is 0.463 e. The molecule has 0 saturated heterocycles. The molecule has 0 unspecified atom stereocenters. The van der Waals surface area contributed by atoms with Gasteiger partial charge in [0.05, 0.1) is 13.7 Å². The van der Waals surface area contributed by atoms with E-state index in [0.717, 1.165) is 12.7 Å². The molecule has 0 fully saturated rings. The number of carbonyl (C=O) groups is 2. The van der Waals surface area contributed by atoms with E-state index in [1.807, 2.05) is 30.3 Å². The van der Waals surface area contributed by atoms with Crippen molar-refractivity contribution in [2.24, 2.45) is 0 Å². The van der Waals surface area contributed by atoms with Crippen molar-refractivity contribution < 1.29 is 19.2 Å². The molecular formula is C13H15NO4. The van der Waals surface area contributed by atoms with Gasteiger partial charge in [0.25, 0.3) is 5.78 Å². The number of nitrogens with one attached hydrogen (secondary N) is 1. The summed E-state index contributed by atoms with van der Waals surface area (Å²) in [5.74, 6) is -1.70. The van der Waals surface area contributed by atoms with E-state index in [-0.39, 0.29) is 12.3 Å². The van der Waals surface area contributed by atoms with E-state index in [2.05, 4.69) is 10.2 Å². The molecule has 0 amide bonds. The van der Waals surface area contributed by atoms with E-state index >= 15 is 0 Å². The van der Waals surface area contributed by atoms with Crippen molar-refractivity contribution >= 4 is 11.8 Å². The number of ketones is 1. The lowest BCUT2D eigenvalue weighted by molar-refractivity contribution is -0.150. The molecule has 5 heteroatoms. The molecule has 0 aliphatic carbocycles. The predicted octanol–water partition coefficient (Wildman–Crippen LogP) is 1.35. The number of ether oxygens (including phenoxy) is 1. The molecule has 0 radical (unpaired) electrons. The lowest BCUT2D eigenvalue weighted by Gasteiger charge is -2.08. The Hall–Kier alpha value is -2.14. The fourth-order valence-electron chi connectivity index (χ4n) is 1.21. The highest BCUT2D eigenvalue weighted by molar-refractivity contribution is 6.40. The molecule has 0 heterocycles. The molecule has 5 nitrogen and oxygen atoms in total. The Balaban J connectivity index is 2.46. The van der Waals surface area contributed by atoms with Gasteiger partial charge in [0.2, 0.25) is 0 Å². The average molecular weight is 249 g/mol. The smallest absolute Gasteiger partial charge is 0.381 e. The zero-order valence-corrected chi connectivity index (χ0v) is 10.3. The van der Waals surface area contributed by atoms with Gasteiger partial charge in [-0.3, -0.25) is 15.1 Å². The Morgan fingerprint density at radius 2 is 1.94 bits per heavy atom. The monoisotopic (exact) mass is 249 g/mol. The number of hydrogen-bond acceptors (Lipinski definition) is 5. The molecule has 0 bridgehead atoms. The standard InChI is InChI=1S/C13H15NO4/c1-3-11(12(15)13(16)17-2)14-18-9-10-7-5-4-6-8-10/h3-8,14H,9H2,1-2H3. The molecule has 0 atom stereocenters. The minimum atomic E-state index is -0.932. The van der Waals surface area contributed by atoms with Crippen molar-refractivity contribution in [2.45, 2.75) is 13.5 Å². The van der Waals surface area contributed by atoms with Gasteiger partial charge in [-0.1, -0.05) is 36.4 Å². The summed E-state index contributed by atoms with van der Waals surface area (Å²) in [6, 6.07) is 9.44. The van der Waals surface area contributed by atoms with E-state index in [0.29, 0.717) is 0 Å². The SMILES string of the molecule is CC=C(NOCc1ccccc1)C(=O)C(=O)OC. The molecule has 96 valence electrons. The minimum Gasteiger partial charge on any atom is -0.463 e. The van der Waals surface area contributed by atoms with E-state index in [1.165, 1.54) is 6.08 Å². The summed E-state index contributed by atoms with van der Waals surface area (Å²) in [7, 11) is 1.15. The highest BCUT2D eigenvalue weighted by Crippen LogP contribution is 2.01. The number of benzene rings is 1. The van der Waals surface area contributed by atoms with Crippen LogP contribution < -0.4 is 5.48 Å². The molecule has 1 aromatic carbocycles. The number of allylic oxidation sites excluding steroid dienone is 1. The first kappa shape index (κ1) is 13.9. The minimum absolute atomic E-state index is 0.0535. The molecule has 0 aromatic heterocycles. The van der Waals surface area contributed by atoms with Crippen LogP contribution in [0, 0.1) is 0 Å². The van der Waals surface area contributed by atoms with Gasteiger partial charge in [0, 0.05) is 0 Å². The summed E-state index contributed by atoms with van der Waals surface area (Å²) >= 11 is 0. The Labute approximate surface area is 105 Å². The van der Waals surface area contributed by atoms with E-state index < -0.39 is 11.8 Å². The predicted molar refractivity (Wildman–Crippen MR) is 65.1 cm³/mol. The number of carbonyl (C=O) groups excluding carboxylic acids is 2. The molecule has 1 rings (SSSR count). The Kier molecular flexibility index (Phi) is 5.60. The first-order valence-electron chi connectivity index (χ1n) is 5.39. The number of hydroxylamine groups is 1. The maximum absolute atomic E-state index is 11.5. The number of esters is 1. The van der Waals surface area contributed by atoms with Gasteiger partial charge >= 0.3 is 5.97 Å². The average Bonchev–Trinajstić information content (AvgIpc) is 2.43. The molecule has 1 aromatic rings. The van der Waals surface area contributed by atoms with E-state index in [9.17, 15) is 9.59 Å². The second-order valence-corrected chi connectivity index (χ2v) is 3.40. The molecule has 1 N–H and O–H groups in total. The van der Waals surface area contributed by atoms with Crippen LogP contribution in [-0.4, -0.2) is 18.9 Å². The van der Waals surface area contributed by atoms with Gasteiger partial charge in [0.15, 0.2) is 0 Å². The van der Waals surface area contributed by atoms with E-state index in [4.69, 9.17) is 4.84 Å². The first-order valence-corrected chi connectivity index (χ1v) is 5.39. The highest BCUT2D eigenvalue weighted by atomic mass is 16.6. The van der Waals surface area contributed by atoms with Crippen LogP contribution >= 0.6 is 0 Å². The highest BCUT2D eigenvalue weighted by Gasteiger charge is 2.18. The molecule has 0 spiro atoms. The van der Waals surface area contributed by atoms with Gasteiger partial charge in [-0.15, -0.1) is 0 Å². The zero-order chi connectivity index (χ0) is 13.4. The van der Waals surface area contributed by atoms with Crippen LogP contribution in [0.1, 0.15) is 12.5 Å². The topological polar surface area (TPSA) is 64.6 Å². The summed E-state index contributed by atoms with van der Waals surface area (Å²) in [6.07, 6.45) is 1.45. The van der Waals surface area contributed by atoms with Crippen LogP contribution in [0.2, 0.25) is 0 Å². The molecular weight excluding hydrogens is 234 g/mol. The Morgan fingerprint density at radius 1 is 1.28 bits per heavy atom. The van der Waals surface area contributed by atoms with E-state index in [1.54, 1.807) is 6.92 Å². The van der Waals surface area contributed by atoms with Crippen molar-refractivity contribution in [3.8, 4) is 0 Å². The third-order valence-electron chi connectivity index (χ3n) is 2.17. The Bertz CT molecular complexity index is 440. The second kappa shape index (κ2) is 7.24. The van der Waals surface area contributed by atoms with Crippen LogP contribution in [-0.2, 0) is 25.8 Å². The maximum Gasteiger partial charge on any atom is 0.381 e. The molecule has 0 aliphatic rings. The number of hydrogen-bond donors (Lipinski definition) is 1. The third-order valence-corrected chi connectivity index (χ3v) is 2.17. The van der Waals surface area contributed by atoms with Crippen molar-refractivity contribution in [1.82, 2.24) is 5.48 Å². The lowest BCUT2D eigenvalue weighted by atomic mass is 10.2. The quantitative estimate of drug-likeness (QED) is 0.357. The fourth-order valence-corrected chi connectivity index (χ4v) is 1.21.